The van der Waals surface area contributed by atoms with Crippen molar-refractivity contribution in [2.45, 2.75) is 45.3 Å². The van der Waals surface area contributed by atoms with Crippen molar-refractivity contribution in [1.82, 2.24) is 20.4 Å². The molecule has 5 rings (SSSR count). The first-order valence-corrected chi connectivity index (χ1v) is 12.6. The van der Waals surface area contributed by atoms with Gasteiger partial charge in [-0.2, -0.15) is 0 Å². The molecule has 1 atom stereocenters. The third-order valence-corrected chi connectivity index (χ3v) is 7.22. The van der Waals surface area contributed by atoms with Gasteiger partial charge in [0.2, 0.25) is 0 Å². The molecule has 36 heavy (non-hydrogen) atoms. The molecule has 0 saturated carbocycles. The van der Waals surface area contributed by atoms with Crippen LogP contribution in [0.4, 0.5) is 5.82 Å². The Morgan fingerprint density at radius 3 is 2.72 bits per heavy atom. The van der Waals surface area contributed by atoms with Gasteiger partial charge in [0.25, 0.3) is 0 Å². The third-order valence-electron chi connectivity index (χ3n) is 6.89. The molecule has 3 aromatic rings. The minimum absolute atomic E-state index is 0.0691. The number of aliphatic hydroxyl groups excluding tert-OH is 1. The molecule has 0 aliphatic carbocycles. The predicted molar refractivity (Wildman–Crippen MR) is 138 cm³/mol. The van der Waals surface area contributed by atoms with E-state index in [1.165, 1.54) is 0 Å². The standard InChI is InChI=1S/C26H32ClN5O4/c1-15-23(22-16(2)31-36-17(22)3)29-24(30-25(15)32-13-26(14-32)8-5-9-35-26)20-10-19(6-7-21(20)27)34-12-18(33)11-28-4/h6-7,10,18,28,33H,5,8-9,11-14H2,1-4H3/t18-/m1/s1. The van der Waals surface area contributed by atoms with Gasteiger partial charge in [-0.1, -0.05) is 16.8 Å². The highest BCUT2D eigenvalue weighted by atomic mass is 35.5. The van der Waals surface area contributed by atoms with E-state index < -0.39 is 6.10 Å². The summed E-state index contributed by atoms with van der Waals surface area (Å²) in [5.74, 6) is 2.62. The first kappa shape index (κ1) is 25.0. The summed E-state index contributed by atoms with van der Waals surface area (Å²) in [6.45, 7) is 8.84. The van der Waals surface area contributed by atoms with Gasteiger partial charge in [-0.15, -0.1) is 0 Å². The monoisotopic (exact) mass is 513 g/mol. The molecule has 192 valence electrons. The second kappa shape index (κ2) is 9.97. The number of aryl methyl sites for hydroxylation is 2. The minimum atomic E-state index is -0.626. The third kappa shape index (κ3) is 4.68. The van der Waals surface area contributed by atoms with E-state index in [1.807, 2.05) is 26.8 Å². The van der Waals surface area contributed by atoms with Crippen LogP contribution in [0.2, 0.25) is 5.02 Å². The van der Waals surface area contributed by atoms with Gasteiger partial charge in [0.1, 0.15) is 35.6 Å². The van der Waals surface area contributed by atoms with E-state index in [0.717, 1.165) is 60.9 Å². The molecule has 0 unspecified atom stereocenters. The average molecular weight is 514 g/mol. The minimum Gasteiger partial charge on any atom is -0.491 e. The van der Waals surface area contributed by atoms with Gasteiger partial charge in [-0.25, -0.2) is 9.97 Å². The Morgan fingerprint density at radius 2 is 2.06 bits per heavy atom. The Balaban J connectivity index is 1.55. The van der Waals surface area contributed by atoms with Gasteiger partial charge in [-0.3, -0.25) is 0 Å². The zero-order valence-corrected chi connectivity index (χ0v) is 21.9. The molecule has 4 heterocycles. The molecular weight excluding hydrogens is 482 g/mol. The fraction of sp³-hybridized carbons (Fsp3) is 0.500. The summed E-state index contributed by atoms with van der Waals surface area (Å²) in [7, 11) is 1.78. The number of anilines is 1. The van der Waals surface area contributed by atoms with Crippen molar-refractivity contribution in [1.29, 1.82) is 0 Å². The zero-order valence-electron chi connectivity index (χ0n) is 21.1. The topological polar surface area (TPSA) is 106 Å². The smallest absolute Gasteiger partial charge is 0.163 e. The van der Waals surface area contributed by atoms with Crippen LogP contribution in [0, 0.1) is 20.8 Å². The summed E-state index contributed by atoms with van der Waals surface area (Å²) >= 11 is 6.64. The molecule has 2 N–H and O–H groups in total. The summed E-state index contributed by atoms with van der Waals surface area (Å²) in [6, 6.07) is 5.36. The molecule has 0 amide bonds. The molecule has 9 nitrogen and oxygen atoms in total. The lowest BCUT2D eigenvalue weighted by molar-refractivity contribution is -0.0184. The predicted octanol–water partition coefficient (Wildman–Crippen LogP) is 3.71. The highest BCUT2D eigenvalue weighted by Crippen LogP contribution is 2.42. The molecular formula is C26H32ClN5O4. The number of aliphatic hydroxyl groups is 1. The number of nitrogens with one attached hydrogen (secondary N) is 1. The normalized spacial score (nSPS) is 17.4. The lowest BCUT2D eigenvalue weighted by Gasteiger charge is -2.48. The van der Waals surface area contributed by atoms with Crippen LogP contribution in [0.5, 0.6) is 5.75 Å². The number of hydrogen-bond donors (Lipinski definition) is 2. The maximum Gasteiger partial charge on any atom is 0.163 e. The van der Waals surface area contributed by atoms with E-state index in [0.29, 0.717) is 34.5 Å². The average Bonchev–Trinajstić information content (AvgIpc) is 3.45. The lowest BCUT2D eigenvalue weighted by Crippen LogP contribution is -2.62. The second-order valence-corrected chi connectivity index (χ2v) is 10.1. The van der Waals surface area contributed by atoms with Crippen LogP contribution in [0.25, 0.3) is 22.6 Å². The van der Waals surface area contributed by atoms with Crippen molar-refractivity contribution >= 4 is 17.4 Å². The van der Waals surface area contributed by atoms with E-state index in [2.05, 4.69) is 15.4 Å². The van der Waals surface area contributed by atoms with Crippen molar-refractivity contribution in [3.05, 3.63) is 40.2 Å². The molecule has 2 aromatic heterocycles. The Labute approximate surface area is 215 Å². The van der Waals surface area contributed by atoms with Gasteiger partial charge in [0, 0.05) is 24.3 Å². The molecule has 1 spiro atoms. The molecule has 2 aliphatic rings. The Bertz CT molecular complexity index is 1230. The fourth-order valence-electron chi connectivity index (χ4n) is 5.05. The van der Waals surface area contributed by atoms with Crippen LogP contribution in [-0.2, 0) is 4.74 Å². The molecule has 0 bridgehead atoms. The first-order chi connectivity index (χ1) is 17.3. The highest BCUT2D eigenvalue weighted by molar-refractivity contribution is 6.33. The number of hydrogen-bond acceptors (Lipinski definition) is 9. The number of likely N-dealkylation sites (N-methyl/N-ethyl adjacent to an activating group) is 1. The van der Waals surface area contributed by atoms with Crippen molar-refractivity contribution in [2.75, 3.05) is 44.8 Å². The number of ether oxygens (including phenoxy) is 2. The number of benzene rings is 1. The van der Waals surface area contributed by atoms with Gasteiger partial charge >= 0.3 is 0 Å². The van der Waals surface area contributed by atoms with Gasteiger partial charge in [0.05, 0.1) is 35.1 Å². The van der Waals surface area contributed by atoms with E-state index in [-0.39, 0.29) is 12.2 Å². The maximum absolute atomic E-state index is 10.0. The van der Waals surface area contributed by atoms with Crippen LogP contribution in [-0.4, -0.2) is 71.8 Å². The molecule has 10 heteroatoms. The zero-order chi connectivity index (χ0) is 25.4. The van der Waals surface area contributed by atoms with Crippen LogP contribution < -0.4 is 15.0 Å². The number of nitrogens with zero attached hydrogens (tertiary/aromatic N) is 4. The van der Waals surface area contributed by atoms with Crippen LogP contribution in [0.1, 0.15) is 29.9 Å². The van der Waals surface area contributed by atoms with E-state index in [4.69, 9.17) is 35.6 Å². The second-order valence-electron chi connectivity index (χ2n) is 9.70. The van der Waals surface area contributed by atoms with Crippen molar-refractivity contribution < 1.29 is 19.1 Å². The Morgan fingerprint density at radius 1 is 1.25 bits per heavy atom. The SMILES string of the molecule is CNC[C@@H](O)COc1ccc(Cl)c(-c2nc(-c3c(C)noc3C)c(C)c(N3CC4(CCCO4)C3)n2)c1. The Kier molecular flexibility index (Phi) is 6.91. The Hall–Kier alpha value is -2.72. The summed E-state index contributed by atoms with van der Waals surface area (Å²) in [4.78, 5) is 12.2. The summed E-state index contributed by atoms with van der Waals surface area (Å²) in [5, 5.41) is 17.6. The summed E-state index contributed by atoms with van der Waals surface area (Å²) in [5.41, 5.74) is 3.95. The first-order valence-electron chi connectivity index (χ1n) is 12.3. The summed E-state index contributed by atoms with van der Waals surface area (Å²) < 4.78 is 17.3. The van der Waals surface area contributed by atoms with Gasteiger partial charge < -0.3 is 29.3 Å². The van der Waals surface area contributed by atoms with Gasteiger partial charge in [0.15, 0.2) is 5.82 Å². The molecule has 2 fully saturated rings. The van der Waals surface area contributed by atoms with Crippen molar-refractivity contribution in [2.24, 2.45) is 0 Å². The van der Waals surface area contributed by atoms with Crippen LogP contribution >= 0.6 is 11.6 Å². The van der Waals surface area contributed by atoms with Crippen molar-refractivity contribution in [3.63, 3.8) is 0 Å². The van der Waals surface area contributed by atoms with Crippen LogP contribution in [0.15, 0.2) is 22.7 Å². The number of halogens is 1. The largest absolute Gasteiger partial charge is 0.491 e. The van der Waals surface area contributed by atoms with E-state index in [1.54, 1.807) is 19.2 Å². The fourth-order valence-corrected chi connectivity index (χ4v) is 5.26. The molecule has 1 aromatic carbocycles. The van der Waals surface area contributed by atoms with Crippen LogP contribution in [0.3, 0.4) is 0 Å². The van der Waals surface area contributed by atoms with Crippen molar-refractivity contribution in [3.8, 4) is 28.4 Å². The van der Waals surface area contributed by atoms with E-state index >= 15 is 0 Å². The molecule has 0 radical (unpaired) electrons. The number of rotatable bonds is 8. The molecule has 2 aliphatic heterocycles. The van der Waals surface area contributed by atoms with E-state index in [9.17, 15) is 5.11 Å². The molecule has 2 saturated heterocycles. The quantitative estimate of drug-likeness (QED) is 0.466. The number of aromatic nitrogens is 3. The highest BCUT2D eigenvalue weighted by Gasteiger charge is 2.47. The summed E-state index contributed by atoms with van der Waals surface area (Å²) in [6.07, 6.45) is 1.54. The lowest BCUT2D eigenvalue weighted by atomic mass is 9.90. The van der Waals surface area contributed by atoms with Gasteiger partial charge in [-0.05, 0) is 58.9 Å². The maximum atomic E-state index is 10.0.